The number of nitrogens with two attached hydrogens (primary N) is 1. The number of aromatic nitrogens is 3. The molecule has 1 aromatic heterocycles. The molecular weight excluding hydrogens is 441 g/mol. The Bertz CT molecular complexity index is 1140. The van der Waals surface area contributed by atoms with E-state index in [0.29, 0.717) is 60.0 Å². The van der Waals surface area contributed by atoms with Gasteiger partial charge >= 0.3 is 0 Å². The fourth-order valence-electron chi connectivity index (χ4n) is 3.37. The minimum absolute atomic E-state index is 0.130. The van der Waals surface area contributed by atoms with Gasteiger partial charge in [0, 0.05) is 29.2 Å². The van der Waals surface area contributed by atoms with Crippen LogP contribution in [0.3, 0.4) is 0 Å². The molecule has 0 aliphatic carbocycles. The van der Waals surface area contributed by atoms with E-state index >= 15 is 0 Å². The highest BCUT2D eigenvalue weighted by molar-refractivity contribution is 6.35. The van der Waals surface area contributed by atoms with Crippen molar-refractivity contribution in [1.82, 2.24) is 19.7 Å². The summed E-state index contributed by atoms with van der Waals surface area (Å²) in [6.45, 7) is 3.05. The summed E-state index contributed by atoms with van der Waals surface area (Å²) in [5, 5.41) is 4.98. The molecule has 1 aliphatic rings. The molecule has 4 rings (SSSR count). The van der Waals surface area contributed by atoms with E-state index in [0.717, 1.165) is 0 Å². The number of amides is 1. The summed E-state index contributed by atoms with van der Waals surface area (Å²) < 4.78 is 6.86. The van der Waals surface area contributed by atoms with Crippen LogP contribution in [0.5, 0.6) is 0 Å². The van der Waals surface area contributed by atoms with E-state index in [2.05, 4.69) is 15.0 Å². The summed E-state index contributed by atoms with van der Waals surface area (Å²) in [5.74, 6) is -0.730. The number of carbonyl (C=O) groups is 2. The van der Waals surface area contributed by atoms with Crippen LogP contribution in [0.4, 0.5) is 0 Å². The number of nitrogens with zero attached hydrogens (tertiary/aromatic N) is 4. The number of primary amides is 1. The van der Waals surface area contributed by atoms with Crippen molar-refractivity contribution in [3.8, 4) is 5.69 Å². The number of halogens is 2. The Labute approximate surface area is 188 Å². The van der Waals surface area contributed by atoms with Crippen LogP contribution >= 0.6 is 23.2 Å². The lowest BCUT2D eigenvalue weighted by Gasteiger charge is -2.26. The summed E-state index contributed by atoms with van der Waals surface area (Å²) in [7, 11) is 0. The summed E-state index contributed by atoms with van der Waals surface area (Å²) >= 11 is 12.4. The van der Waals surface area contributed by atoms with Gasteiger partial charge in [0.1, 0.15) is 5.82 Å². The van der Waals surface area contributed by atoms with Crippen LogP contribution < -0.4 is 5.73 Å². The zero-order valence-electron chi connectivity index (χ0n) is 16.4. The molecule has 0 atom stereocenters. The molecule has 8 nitrogen and oxygen atoms in total. The molecule has 160 valence electrons. The number of morpholine rings is 1. The average molecular weight is 460 g/mol. The summed E-state index contributed by atoms with van der Waals surface area (Å²) in [5.41, 5.74) is 6.47. The largest absolute Gasteiger partial charge is 0.379 e. The molecule has 2 heterocycles. The topological polar surface area (TPSA) is 103 Å². The van der Waals surface area contributed by atoms with Gasteiger partial charge in [0.2, 0.25) is 5.82 Å². The van der Waals surface area contributed by atoms with E-state index in [9.17, 15) is 9.59 Å². The zero-order chi connectivity index (χ0) is 22.0. The number of ether oxygens (including phenoxy) is 1. The fraction of sp³-hybridized carbons (Fsp3) is 0.238. The second kappa shape index (κ2) is 9.15. The number of benzene rings is 2. The van der Waals surface area contributed by atoms with Crippen molar-refractivity contribution in [3.05, 3.63) is 75.3 Å². The molecule has 1 aliphatic heterocycles. The number of rotatable bonds is 6. The highest BCUT2D eigenvalue weighted by Crippen LogP contribution is 2.26. The first-order valence-corrected chi connectivity index (χ1v) is 10.3. The van der Waals surface area contributed by atoms with E-state index in [1.807, 2.05) is 0 Å². The molecule has 0 spiro atoms. The Balaban J connectivity index is 1.81. The fourth-order valence-corrected chi connectivity index (χ4v) is 3.76. The summed E-state index contributed by atoms with van der Waals surface area (Å²) in [6, 6.07) is 11.6. The van der Waals surface area contributed by atoms with Crippen LogP contribution in [-0.4, -0.2) is 57.7 Å². The van der Waals surface area contributed by atoms with E-state index in [-0.39, 0.29) is 17.2 Å². The SMILES string of the molecule is NC(=O)c1nc(CN2CCOCC2)n(-c2ccc(Cl)cc2C(=O)c2ccccc2Cl)n1. The lowest BCUT2D eigenvalue weighted by Crippen LogP contribution is -2.36. The van der Waals surface area contributed by atoms with Crippen molar-refractivity contribution in [3.63, 3.8) is 0 Å². The molecule has 1 fully saturated rings. The molecule has 0 bridgehead atoms. The van der Waals surface area contributed by atoms with Gasteiger partial charge in [0.25, 0.3) is 5.91 Å². The van der Waals surface area contributed by atoms with Crippen LogP contribution in [0.25, 0.3) is 5.69 Å². The van der Waals surface area contributed by atoms with E-state index in [4.69, 9.17) is 33.7 Å². The third kappa shape index (κ3) is 4.62. The van der Waals surface area contributed by atoms with Crippen LogP contribution in [0.2, 0.25) is 10.0 Å². The maximum Gasteiger partial charge on any atom is 0.288 e. The average Bonchev–Trinajstić information content (AvgIpc) is 3.18. The number of hydrogen-bond donors (Lipinski definition) is 1. The van der Waals surface area contributed by atoms with Gasteiger partial charge in [-0.25, -0.2) is 9.67 Å². The Morgan fingerprint density at radius 2 is 1.81 bits per heavy atom. The van der Waals surface area contributed by atoms with E-state index in [1.54, 1.807) is 42.5 Å². The molecule has 31 heavy (non-hydrogen) atoms. The molecule has 10 heteroatoms. The van der Waals surface area contributed by atoms with Gasteiger partial charge < -0.3 is 10.5 Å². The van der Waals surface area contributed by atoms with Crippen molar-refractivity contribution < 1.29 is 14.3 Å². The van der Waals surface area contributed by atoms with Gasteiger partial charge in [-0.15, -0.1) is 5.10 Å². The van der Waals surface area contributed by atoms with Crippen LogP contribution in [0, 0.1) is 0 Å². The predicted molar refractivity (Wildman–Crippen MR) is 116 cm³/mol. The molecule has 0 unspecified atom stereocenters. The molecule has 1 saturated heterocycles. The second-order valence-electron chi connectivity index (χ2n) is 6.99. The Hall–Kier alpha value is -2.78. The Morgan fingerprint density at radius 3 is 2.52 bits per heavy atom. The van der Waals surface area contributed by atoms with Gasteiger partial charge in [-0.2, -0.15) is 0 Å². The van der Waals surface area contributed by atoms with E-state index in [1.165, 1.54) is 4.68 Å². The van der Waals surface area contributed by atoms with Crippen molar-refractivity contribution in [2.45, 2.75) is 6.54 Å². The van der Waals surface area contributed by atoms with Crippen molar-refractivity contribution in [2.24, 2.45) is 5.73 Å². The van der Waals surface area contributed by atoms with Crippen molar-refractivity contribution >= 4 is 34.9 Å². The lowest BCUT2D eigenvalue weighted by atomic mass is 10.0. The van der Waals surface area contributed by atoms with Crippen LogP contribution in [-0.2, 0) is 11.3 Å². The highest BCUT2D eigenvalue weighted by Gasteiger charge is 2.24. The minimum atomic E-state index is -0.755. The summed E-state index contributed by atoms with van der Waals surface area (Å²) in [6.07, 6.45) is 0. The maximum absolute atomic E-state index is 13.3. The second-order valence-corrected chi connectivity index (χ2v) is 7.83. The predicted octanol–water partition coefficient (Wildman–Crippen LogP) is 2.74. The summed E-state index contributed by atoms with van der Waals surface area (Å²) in [4.78, 5) is 31.5. The quantitative estimate of drug-likeness (QED) is 0.568. The monoisotopic (exact) mass is 459 g/mol. The molecule has 2 aromatic carbocycles. The van der Waals surface area contributed by atoms with Crippen LogP contribution in [0.1, 0.15) is 32.4 Å². The van der Waals surface area contributed by atoms with Crippen molar-refractivity contribution in [1.29, 1.82) is 0 Å². The molecule has 0 radical (unpaired) electrons. The highest BCUT2D eigenvalue weighted by atomic mass is 35.5. The van der Waals surface area contributed by atoms with Crippen LogP contribution in [0.15, 0.2) is 42.5 Å². The van der Waals surface area contributed by atoms with Gasteiger partial charge in [-0.3, -0.25) is 14.5 Å². The third-order valence-electron chi connectivity index (χ3n) is 4.91. The van der Waals surface area contributed by atoms with Crippen molar-refractivity contribution in [2.75, 3.05) is 26.3 Å². The Morgan fingerprint density at radius 1 is 1.06 bits per heavy atom. The first-order valence-electron chi connectivity index (χ1n) is 9.59. The van der Waals surface area contributed by atoms with Gasteiger partial charge in [0.15, 0.2) is 5.78 Å². The van der Waals surface area contributed by atoms with Gasteiger partial charge in [0.05, 0.1) is 30.5 Å². The molecule has 1 amide bonds. The molecular formula is C21H19Cl2N5O3. The molecule has 2 N–H and O–H groups in total. The molecule has 3 aromatic rings. The standard InChI is InChI=1S/C21H19Cl2N5O3/c22-13-5-6-17(15(11-13)19(29)14-3-1-2-4-16(14)23)28-18(25-21(26-28)20(24)30)12-27-7-9-31-10-8-27/h1-6,11H,7-10,12H2,(H2,24,30). The minimum Gasteiger partial charge on any atom is -0.379 e. The molecule has 0 saturated carbocycles. The smallest absolute Gasteiger partial charge is 0.288 e. The maximum atomic E-state index is 13.3. The van der Waals surface area contributed by atoms with Gasteiger partial charge in [-0.1, -0.05) is 35.3 Å². The van der Waals surface area contributed by atoms with Gasteiger partial charge in [-0.05, 0) is 30.3 Å². The number of ketones is 1. The first kappa shape index (κ1) is 21.5. The normalized spacial score (nSPS) is 14.5. The number of carbonyl (C=O) groups excluding carboxylic acids is 2. The number of hydrogen-bond acceptors (Lipinski definition) is 6. The van der Waals surface area contributed by atoms with E-state index < -0.39 is 5.91 Å². The third-order valence-corrected chi connectivity index (χ3v) is 5.48. The first-order chi connectivity index (χ1) is 14.9. The Kier molecular flexibility index (Phi) is 6.33. The zero-order valence-corrected chi connectivity index (χ0v) is 17.9. The lowest BCUT2D eigenvalue weighted by molar-refractivity contribution is 0.0327.